The molecule has 1 saturated carbocycles. The molecule has 2 aromatic carbocycles. The molecule has 0 aliphatic heterocycles. The van der Waals surface area contributed by atoms with Gasteiger partial charge in [-0.05, 0) is 63.8 Å². The number of benzene rings is 2. The van der Waals surface area contributed by atoms with Crippen LogP contribution in [0.5, 0.6) is 5.75 Å². The molecule has 0 saturated heterocycles. The molecule has 1 heterocycles. The van der Waals surface area contributed by atoms with Gasteiger partial charge in [0.05, 0.1) is 25.4 Å². The van der Waals surface area contributed by atoms with Gasteiger partial charge in [-0.15, -0.1) is 0 Å². The number of hydrogen-bond acceptors (Lipinski definition) is 6. The molecule has 1 N–H and O–H groups in total. The summed E-state index contributed by atoms with van der Waals surface area (Å²) in [6.45, 7) is 5.07. The van der Waals surface area contributed by atoms with Crippen molar-refractivity contribution in [1.29, 1.82) is 0 Å². The fourth-order valence-corrected chi connectivity index (χ4v) is 4.20. The van der Waals surface area contributed by atoms with Crippen LogP contribution < -0.4 is 4.74 Å². The van der Waals surface area contributed by atoms with Crippen LogP contribution in [-0.2, 0) is 16.1 Å². The van der Waals surface area contributed by atoms with Crippen LogP contribution in [0, 0.1) is 13.8 Å². The van der Waals surface area contributed by atoms with Gasteiger partial charge in [0.25, 0.3) is 0 Å². The lowest BCUT2D eigenvalue weighted by Gasteiger charge is -2.29. The monoisotopic (exact) mass is 465 g/mol. The zero-order valence-corrected chi connectivity index (χ0v) is 19.7. The molecular formula is C27H31NO6. The number of aryl methyl sites for hydroxylation is 2. The Labute approximate surface area is 199 Å². The first-order valence-corrected chi connectivity index (χ1v) is 11.7. The fourth-order valence-electron chi connectivity index (χ4n) is 4.20. The van der Waals surface area contributed by atoms with E-state index in [2.05, 4.69) is 11.1 Å². The van der Waals surface area contributed by atoms with Crippen molar-refractivity contribution in [2.45, 2.75) is 58.3 Å². The normalized spacial score (nSPS) is 18.1. The van der Waals surface area contributed by atoms with E-state index in [0.717, 1.165) is 48.3 Å². The van der Waals surface area contributed by atoms with Gasteiger partial charge in [-0.3, -0.25) is 0 Å². The first kappa shape index (κ1) is 24.0. The highest BCUT2D eigenvalue weighted by atomic mass is 16.5. The minimum atomic E-state index is -1.00. The Balaban J connectivity index is 1.23. The molecule has 34 heavy (non-hydrogen) atoms. The van der Waals surface area contributed by atoms with Crippen LogP contribution in [0.2, 0.25) is 0 Å². The number of carboxylic acids is 1. The molecule has 180 valence electrons. The lowest BCUT2D eigenvalue weighted by Crippen LogP contribution is -2.29. The third-order valence-corrected chi connectivity index (χ3v) is 6.00. The molecule has 1 aliphatic rings. The fraction of sp³-hybridized carbons (Fsp3) is 0.407. The van der Waals surface area contributed by atoms with Crippen molar-refractivity contribution < 1.29 is 28.5 Å². The second-order valence-electron chi connectivity index (χ2n) is 8.63. The topological polar surface area (TPSA) is 91.0 Å². The number of rotatable bonds is 10. The average molecular weight is 466 g/mol. The molecule has 2 atom stereocenters. The van der Waals surface area contributed by atoms with Crippen LogP contribution in [0.25, 0.3) is 11.5 Å². The van der Waals surface area contributed by atoms with Gasteiger partial charge in [0, 0.05) is 5.56 Å². The van der Waals surface area contributed by atoms with E-state index >= 15 is 0 Å². The second-order valence-corrected chi connectivity index (χ2v) is 8.63. The maximum atomic E-state index is 11.3. The molecular weight excluding hydrogens is 434 g/mol. The van der Waals surface area contributed by atoms with Gasteiger partial charge in [0.15, 0.2) is 0 Å². The van der Waals surface area contributed by atoms with E-state index in [9.17, 15) is 9.90 Å². The SMILES string of the molecule is Cc1cccc(-c2nc(COC3CCCC(OCCOc4ccccc4C(=O)O)C3)c(C)o2)c1. The van der Waals surface area contributed by atoms with Gasteiger partial charge >= 0.3 is 5.97 Å². The van der Waals surface area contributed by atoms with Crippen LogP contribution in [-0.4, -0.2) is 41.5 Å². The highest BCUT2D eigenvalue weighted by Crippen LogP contribution is 2.27. The van der Waals surface area contributed by atoms with Crippen LogP contribution in [0.4, 0.5) is 0 Å². The first-order valence-electron chi connectivity index (χ1n) is 11.7. The highest BCUT2D eigenvalue weighted by molar-refractivity contribution is 5.90. The summed E-state index contributed by atoms with van der Waals surface area (Å²) >= 11 is 0. The Morgan fingerprint density at radius 3 is 2.65 bits per heavy atom. The quantitative estimate of drug-likeness (QED) is 0.391. The Hall–Kier alpha value is -3.16. The molecule has 4 rings (SSSR count). The van der Waals surface area contributed by atoms with Crippen LogP contribution in [0.1, 0.15) is 53.1 Å². The highest BCUT2D eigenvalue weighted by Gasteiger charge is 2.24. The largest absolute Gasteiger partial charge is 0.490 e. The van der Waals surface area contributed by atoms with E-state index in [0.29, 0.717) is 31.5 Å². The number of carboxylic acid groups (broad SMARTS) is 1. The van der Waals surface area contributed by atoms with Gasteiger partial charge < -0.3 is 23.7 Å². The number of hydrogen-bond donors (Lipinski definition) is 1. The van der Waals surface area contributed by atoms with Crippen molar-refractivity contribution in [1.82, 2.24) is 4.98 Å². The summed E-state index contributed by atoms with van der Waals surface area (Å²) in [7, 11) is 0. The third kappa shape index (κ3) is 6.24. The summed E-state index contributed by atoms with van der Waals surface area (Å²) in [6.07, 6.45) is 4.01. The predicted octanol–water partition coefficient (Wildman–Crippen LogP) is 5.58. The molecule has 3 aromatic rings. The van der Waals surface area contributed by atoms with Gasteiger partial charge in [-0.1, -0.05) is 29.8 Å². The van der Waals surface area contributed by atoms with E-state index in [-0.39, 0.29) is 17.8 Å². The van der Waals surface area contributed by atoms with Gasteiger partial charge in [0.1, 0.15) is 29.4 Å². The summed E-state index contributed by atoms with van der Waals surface area (Å²) in [5.74, 6) is 0.752. The molecule has 0 amide bonds. The van der Waals surface area contributed by atoms with Crippen molar-refractivity contribution in [3.8, 4) is 17.2 Å². The number of carbonyl (C=O) groups is 1. The van der Waals surface area contributed by atoms with E-state index in [4.69, 9.17) is 18.6 Å². The zero-order valence-electron chi connectivity index (χ0n) is 19.7. The number of nitrogens with zero attached hydrogens (tertiary/aromatic N) is 1. The summed E-state index contributed by atoms with van der Waals surface area (Å²) in [4.78, 5) is 15.9. The number of para-hydroxylation sites is 1. The second kappa shape index (κ2) is 11.3. The molecule has 2 unspecified atom stereocenters. The lowest BCUT2D eigenvalue weighted by atomic mass is 9.95. The standard InChI is InChI=1S/C27H31NO6/c1-18-7-5-8-20(15-18)26-28-24(19(2)34-26)17-33-22-10-6-9-21(16-22)31-13-14-32-25-12-4-3-11-23(25)27(29)30/h3-5,7-8,11-12,15,21-22H,6,9-10,13-14,16-17H2,1-2H3,(H,29,30). The molecule has 0 radical (unpaired) electrons. The van der Waals surface area contributed by atoms with Gasteiger partial charge in [-0.2, -0.15) is 0 Å². The predicted molar refractivity (Wildman–Crippen MR) is 127 cm³/mol. The van der Waals surface area contributed by atoms with Crippen molar-refractivity contribution >= 4 is 5.97 Å². The van der Waals surface area contributed by atoms with E-state index in [1.165, 1.54) is 6.07 Å². The maximum absolute atomic E-state index is 11.3. The van der Waals surface area contributed by atoms with E-state index < -0.39 is 5.97 Å². The smallest absolute Gasteiger partial charge is 0.339 e. The first-order chi connectivity index (χ1) is 16.5. The Bertz CT molecular complexity index is 1110. The molecule has 0 spiro atoms. The minimum absolute atomic E-state index is 0.0957. The summed E-state index contributed by atoms with van der Waals surface area (Å²) < 4.78 is 23.7. The number of ether oxygens (including phenoxy) is 3. The molecule has 1 fully saturated rings. The minimum Gasteiger partial charge on any atom is -0.490 e. The van der Waals surface area contributed by atoms with Crippen molar-refractivity contribution in [3.63, 3.8) is 0 Å². The summed E-state index contributed by atoms with van der Waals surface area (Å²) in [6, 6.07) is 14.7. The van der Waals surface area contributed by atoms with E-state index in [1.807, 2.05) is 32.0 Å². The van der Waals surface area contributed by atoms with Crippen LogP contribution >= 0.6 is 0 Å². The van der Waals surface area contributed by atoms with Crippen LogP contribution in [0.3, 0.4) is 0 Å². The molecule has 1 aliphatic carbocycles. The van der Waals surface area contributed by atoms with Crippen molar-refractivity contribution in [2.24, 2.45) is 0 Å². The van der Waals surface area contributed by atoms with Crippen molar-refractivity contribution in [2.75, 3.05) is 13.2 Å². The number of aromatic carboxylic acids is 1. The Morgan fingerprint density at radius 2 is 1.85 bits per heavy atom. The zero-order chi connectivity index (χ0) is 23.9. The van der Waals surface area contributed by atoms with Crippen LogP contribution in [0.15, 0.2) is 52.9 Å². The Kier molecular flexibility index (Phi) is 7.98. The molecule has 7 nitrogen and oxygen atoms in total. The summed E-state index contributed by atoms with van der Waals surface area (Å²) in [5, 5.41) is 9.24. The average Bonchev–Trinajstić information content (AvgIpc) is 3.21. The van der Waals surface area contributed by atoms with Gasteiger partial charge in [0.2, 0.25) is 5.89 Å². The molecule has 1 aromatic heterocycles. The molecule has 0 bridgehead atoms. The Morgan fingerprint density at radius 1 is 1.06 bits per heavy atom. The van der Waals surface area contributed by atoms with Crippen molar-refractivity contribution in [3.05, 3.63) is 71.1 Å². The molecule has 7 heteroatoms. The number of aromatic nitrogens is 1. The lowest BCUT2D eigenvalue weighted by molar-refractivity contribution is -0.0556. The number of oxazole rings is 1. The summed E-state index contributed by atoms with van der Waals surface area (Å²) in [5.41, 5.74) is 3.11. The maximum Gasteiger partial charge on any atom is 0.339 e. The third-order valence-electron chi connectivity index (χ3n) is 6.00. The van der Waals surface area contributed by atoms with Gasteiger partial charge in [-0.25, -0.2) is 9.78 Å². The van der Waals surface area contributed by atoms with E-state index in [1.54, 1.807) is 18.2 Å².